The fourth-order valence-electron chi connectivity index (χ4n) is 2.30. The Bertz CT molecular complexity index is 665. The van der Waals surface area contributed by atoms with E-state index < -0.39 is 0 Å². The third-order valence-corrected chi connectivity index (χ3v) is 4.52. The molecule has 3 N–H and O–H groups in total. The number of anilines is 2. The van der Waals surface area contributed by atoms with Gasteiger partial charge in [-0.1, -0.05) is 29.9 Å². The predicted molar refractivity (Wildman–Crippen MR) is 84.5 cm³/mol. The summed E-state index contributed by atoms with van der Waals surface area (Å²) in [7, 11) is 1.61. The molecule has 21 heavy (non-hydrogen) atoms. The zero-order chi connectivity index (χ0) is 14.8. The molecule has 0 bridgehead atoms. The Morgan fingerprint density at radius 1 is 1.43 bits per heavy atom. The van der Waals surface area contributed by atoms with Crippen LogP contribution in [0.5, 0.6) is 5.75 Å². The van der Waals surface area contributed by atoms with Gasteiger partial charge in [0, 0.05) is 11.5 Å². The first-order valence-electron chi connectivity index (χ1n) is 6.89. The minimum atomic E-state index is 0.0431. The molecule has 0 aliphatic heterocycles. The Hall–Kier alpha value is -2.08. The number of nitrogens with zero attached hydrogens (tertiary/aromatic N) is 1. The Morgan fingerprint density at radius 2 is 2.19 bits per heavy atom. The quantitative estimate of drug-likeness (QED) is 0.909. The molecule has 0 spiro atoms. The van der Waals surface area contributed by atoms with Crippen molar-refractivity contribution >= 4 is 27.4 Å². The zero-order valence-electron chi connectivity index (χ0n) is 11.8. The molecule has 3 rings (SSSR count). The maximum absolute atomic E-state index is 12.0. The van der Waals surface area contributed by atoms with Gasteiger partial charge in [-0.15, -0.1) is 0 Å². The Balaban J connectivity index is 1.85. The maximum Gasteiger partial charge on any atom is 0.229 e. The molecular weight excluding hydrogens is 286 g/mol. The van der Waals surface area contributed by atoms with Crippen molar-refractivity contribution in [2.24, 2.45) is 5.92 Å². The summed E-state index contributed by atoms with van der Waals surface area (Å²) in [5.74, 6) is 0.887. The van der Waals surface area contributed by atoms with Gasteiger partial charge in [-0.2, -0.15) is 0 Å². The Labute approximate surface area is 127 Å². The van der Waals surface area contributed by atoms with Crippen molar-refractivity contribution in [2.75, 3.05) is 18.2 Å². The van der Waals surface area contributed by atoms with Gasteiger partial charge in [0.25, 0.3) is 0 Å². The molecule has 1 saturated carbocycles. The van der Waals surface area contributed by atoms with Gasteiger partial charge in [-0.05, 0) is 25.0 Å². The highest BCUT2D eigenvalue weighted by molar-refractivity contribution is 7.20. The lowest BCUT2D eigenvalue weighted by molar-refractivity contribution is -0.122. The topological polar surface area (TPSA) is 77.2 Å². The van der Waals surface area contributed by atoms with E-state index in [-0.39, 0.29) is 11.8 Å². The van der Waals surface area contributed by atoms with Crippen LogP contribution in [-0.4, -0.2) is 18.0 Å². The van der Waals surface area contributed by atoms with Gasteiger partial charge in [0.1, 0.15) is 16.4 Å². The van der Waals surface area contributed by atoms with Crippen molar-refractivity contribution in [3.63, 3.8) is 0 Å². The van der Waals surface area contributed by atoms with E-state index in [1.165, 1.54) is 11.3 Å². The number of amides is 1. The van der Waals surface area contributed by atoms with Crippen LogP contribution in [-0.2, 0) is 4.79 Å². The minimum absolute atomic E-state index is 0.0431. The van der Waals surface area contributed by atoms with E-state index >= 15 is 0 Å². The number of carbonyl (C=O) groups is 1. The maximum atomic E-state index is 12.0. The monoisotopic (exact) mass is 303 g/mol. The predicted octanol–water partition coefficient (Wildman–Crippen LogP) is 3.14. The molecule has 0 radical (unpaired) electrons. The smallest absolute Gasteiger partial charge is 0.229 e. The fourth-order valence-corrected chi connectivity index (χ4v) is 3.05. The van der Waals surface area contributed by atoms with E-state index in [1.54, 1.807) is 7.11 Å². The summed E-state index contributed by atoms with van der Waals surface area (Å²) in [6.07, 6.45) is 3.06. The molecule has 5 nitrogen and oxygen atoms in total. The van der Waals surface area contributed by atoms with E-state index in [0.717, 1.165) is 24.8 Å². The van der Waals surface area contributed by atoms with Crippen LogP contribution in [0.25, 0.3) is 11.3 Å². The summed E-state index contributed by atoms with van der Waals surface area (Å²) in [6.45, 7) is 0. The molecule has 110 valence electrons. The van der Waals surface area contributed by atoms with Crippen molar-refractivity contribution in [1.29, 1.82) is 0 Å². The molecule has 1 aromatic heterocycles. The van der Waals surface area contributed by atoms with Crippen LogP contribution in [0.1, 0.15) is 19.3 Å². The summed E-state index contributed by atoms with van der Waals surface area (Å²) in [5.41, 5.74) is 7.53. The van der Waals surface area contributed by atoms with E-state index in [1.807, 2.05) is 24.3 Å². The number of thiazole rings is 1. The van der Waals surface area contributed by atoms with Crippen LogP contribution < -0.4 is 15.8 Å². The fraction of sp³-hybridized carbons (Fsp3) is 0.333. The molecule has 2 aromatic rings. The molecule has 0 unspecified atom stereocenters. The van der Waals surface area contributed by atoms with Crippen LogP contribution in [0.15, 0.2) is 24.3 Å². The number of nitrogens with one attached hydrogen (secondary N) is 1. The number of methoxy groups -OCH3 is 1. The molecule has 1 heterocycles. The first-order chi connectivity index (χ1) is 10.2. The van der Waals surface area contributed by atoms with Crippen LogP contribution in [0, 0.1) is 5.92 Å². The largest absolute Gasteiger partial charge is 0.496 e. The van der Waals surface area contributed by atoms with E-state index in [2.05, 4.69) is 10.3 Å². The zero-order valence-corrected chi connectivity index (χ0v) is 12.6. The van der Waals surface area contributed by atoms with Crippen LogP contribution in [0.4, 0.5) is 10.1 Å². The van der Waals surface area contributed by atoms with Gasteiger partial charge in [0.2, 0.25) is 5.91 Å². The molecule has 1 aromatic carbocycles. The van der Waals surface area contributed by atoms with Gasteiger partial charge in [0.05, 0.1) is 7.11 Å². The van der Waals surface area contributed by atoms with Gasteiger partial charge in [-0.25, -0.2) is 4.98 Å². The standard InChI is InChI=1S/C15H17N3O2S/c1-20-11-8-3-2-7-10(11)12-13(16)21-15(17-12)18-14(19)9-5-4-6-9/h2-3,7-9H,4-6,16H2,1H3,(H,17,18,19). The number of ether oxygens (including phenoxy) is 1. The Morgan fingerprint density at radius 3 is 2.86 bits per heavy atom. The Kier molecular flexibility index (Phi) is 3.79. The van der Waals surface area contributed by atoms with Crippen molar-refractivity contribution in [3.8, 4) is 17.0 Å². The van der Waals surface area contributed by atoms with Crippen LogP contribution in [0.3, 0.4) is 0 Å². The second-order valence-corrected chi connectivity index (χ2v) is 6.08. The molecule has 6 heteroatoms. The minimum Gasteiger partial charge on any atom is -0.496 e. The van der Waals surface area contributed by atoms with Crippen molar-refractivity contribution in [3.05, 3.63) is 24.3 Å². The molecule has 1 amide bonds. The highest BCUT2D eigenvalue weighted by Crippen LogP contribution is 2.38. The van der Waals surface area contributed by atoms with Gasteiger partial charge in [-0.3, -0.25) is 4.79 Å². The van der Waals surface area contributed by atoms with Crippen molar-refractivity contribution in [2.45, 2.75) is 19.3 Å². The van der Waals surface area contributed by atoms with Crippen molar-refractivity contribution in [1.82, 2.24) is 4.98 Å². The number of para-hydroxylation sites is 1. The third-order valence-electron chi connectivity index (χ3n) is 3.72. The number of nitrogens with two attached hydrogens (primary N) is 1. The summed E-state index contributed by atoms with van der Waals surface area (Å²) in [4.78, 5) is 16.4. The highest BCUT2D eigenvalue weighted by Gasteiger charge is 2.26. The normalized spacial score (nSPS) is 14.5. The number of benzene rings is 1. The lowest BCUT2D eigenvalue weighted by Crippen LogP contribution is -2.27. The number of rotatable bonds is 4. The summed E-state index contributed by atoms with van der Waals surface area (Å²) >= 11 is 1.29. The molecular formula is C15H17N3O2S. The van der Waals surface area contributed by atoms with Gasteiger partial charge in [0.15, 0.2) is 5.13 Å². The van der Waals surface area contributed by atoms with Crippen molar-refractivity contribution < 1.29 is 9.53 Å². The number of hydrogen-bond acceptors (Lipinski definition) is 5. The lowest BCUT2D eigenvalue weighted by atomic mass is 9.85. The first-order valence-corrected chi connectivity index (χ1v) is 7.71. The van der Waals surface area contributed by atoms with E-state index in [9.17, 15) is 4.79 Å². The molecule has 0 saturated heterocycles. The molecule has 0 atom stereocenters. The van der Waals surface area contributed by atoms with Crippen LogP contribution in [0.2, 0.25) is 0 Å². The molecule has 1 aliphatic carbocycles. The number of nitrogen functional groups attached to an aromatic ring is 1. The number of hydrogen-bond donors (Lipinski definition) is 2. The van der Waals surface area contributed by atoms with Gasteiger partial charge >= 0.3 is 0 Å². The average molecular weight is 303 g/mol. The lowest BCUT2D eigenvalue weighted by Gasteiger charge is -2.23. The summed E-state index contributed by atoms with van der Waals surface area (Å²) in [6, 6.07) is 7.57. The number of carbonyl (C=O) groups excluding carboxylic acids is 1. The molecule has 1 fully saturated rings. The third kappa shape index (κ3) is 2.71. The highest BCUT2D eigenvalue weighted by atomic mass is 32.1. The second kappa shape index (κ2) is 5.73. The summed E-state index contributed by atoms with van der Waals surface area (Å²) in [5, 5.41) is 3.98. The van der Waals surface area contributed by atoms with E-state index in [0.29, 0.717) is 21.6 Å². The van der Waals surface area contributed by atoms with E-state index in [4.69, 9.17) is 10.5 Å². The first kappa shape index (κ1) is 13.9. The second-order valence-electron chi connectivity index (χ2n) is 5.05. The SMILES string of the molecule is COc1ccccc1-c1nc(NC(=O)C2CCC2)sc1N. The van der Waals surface area contributed by atoms with Gasteiger partial charge < -0.3 is 15.8 Å². The number of aromatic nitrogens is 1. The van der Waals surface area contributed by atoms with Crippen LogP contribution >= 0.6 is 11.3 Å². The average Bonchev–Trinajstić information content (AvgIpc) is 2.77. The summed E-state index contributed by atoms with van der Waals surface area (Å²) < 4.78 is 5.33. The molecule has 1 aliphatic rings.